The molecule has 0 fully saturated rings. The van der Waals surface area contributed by atoms with Crippen molar-refractivity contribution < 1.29 is 4.79 Å². The van der Waals surface area contributed by atoms with Crippen LogP contribution in [0.3, 0.4) is 0 Å². The molecule has 0 saturated heterocycles. The van der Waals surface area contributed by atoms with E-state index >= 15 is 0 Å². The van der Waals surface area contributed by atoms with Crippen LogP contribution in [-0.4, -0.2) is 18.7 Å². The van der Waals surface area contributed by atoms with Crippen molar-refractivity contribution in [2.24, 2.45) is 0 Å². The lowest BCUT2D eigenvalue weighted by Gasteiger charge is -2.16. The molecule has 0 radical (unpaired) electrons. The second-order valence-electron chi connectivity index (χ2n) is 3.13. The summed E-state index contributed by atoms with van der Waals surface area (Å²) in [7, 11) is 1.76. The van der Waals surface area contributed by atoms with E-state index in [2.05, 4.69) is 19.6 Å². The first-order chi connectivity index (χ1) is 6.69. The van der Waals surface area contributed by atoms with Crippen LogP contribution >= 0.6 is 12.6 Å². The van der Waals surface area contributed by atoms with E-state index in [-0.39, 0.29) is 11.7 Å². The van der Waals surface area contributed by atoms with Crippen LogP contribution in [-0.2, 0) is 11.2 Å². The summed E-state index contributed by atoms with van der Waals surface area (Å²) in [5, 5.41) is 0. The highest BCUT2D eigenvalue weighted by molar-refractivity contribution is 7.81. The summed E-state index contributed by atoms with van der Waals surface area (Å²) in [5.74, 6) is 0.254. The Hall–Kier alpha value is -0.960. The average Bonchev–Trinajstić information content (AvgIpc) is 2.27. The maximum Gasteiger partial charge on any atom is 0.236 e. The number of hydrogen-bond donors (Lipinski definition) is 1. The number of carbonyl (C=O) groups excluding carboxylic acids is 1. The van der Waals surface area contributed by atoms with Crippen molar-refractivity contribution in [2.75, 3.05) is 17.7 Å². The Morgan fingerprint density at radius 3 is 2.36 bits per heavy atom. The zero-order chi connectivity index (χ0) is 10.6. The summed E-state index contributed by atoms with van der Waals surface area (Å²) in [6.45, 7) is 2.11. The lowest BCUT2D eigenvalue weighted by Crippen LogP contribution is -2.27. The van der Waals surface area contributed by atoms with Gasteiger partial charge in [0, 0.05) is 12.7 Å². The quantitative estimate of drug-likeness (QED) is 0.756. The molecule has 0 atom stereocenters. The van der Waals surface area contributed by atoms with Crippen LogP contribution in [0.2, 0.25) is 0 Å². The lowest BCUT2D eigenvalue weighted by atomic mass is 10.1. The molecule has 1 amide bonds. The van der Waals surface area contributed by atoms with Gasteiger partial charge in [-0.25, -0.2) is 0 Å². The first-order valence-electron chi connectivity index (χ1n) is 4.65. The predicted octanol–water partition coefficient (Wildman–Crippen LogP) is 2.14. The third kappa shape index (κ3) is 2.51. The topological polar surface area (TPSA) is 20.3 Å². The van der Waals surface area contributed by atoms with E-state index in [9.17, 15) is 4.79 Å². The Labute approximate surface area is 90.3 Å². The number of anilines is 1. The normalized spacial score (nSPS) is 9.93. The fraction of sp³-hybridized carbons (Fsp3) is 0.364. The third-order valence-corrected chi connectivity index (χ3v) is 2.51. The summed E-state index contributed by atoms with van der Waals surface area (Å²) >= 11 is 3.95. The van der Waals surface area contributed by atoms with Gasteiger partial charge in [0.1, 0.15) is 0 Å². The molecule has 0 aliphatic heterocycles. The number of carbonyl (C=O) groups is 1. The van der Waals surface area contributed by atoms with E-state index < -0.39 is 0 Å². The van der Waals surface area contributed by atoms with Crippen LogP contribution in [0.4, 0.5) is 5.69 Å². The fourth-order valence-corrected chi connectivity index (χ4v) is 1.42. The van der Waals surface area contributed by atoms with Gasteiger partial charge in [0.15, 0.2) is 0 Å². The minimum absolute atomic E-state index is 0.0116. The van der Waals surface area contributed by atoms with Crippen LogP contribution in [0.1, 0.15) is 12.5 Å². The minimum atomic E-state index is 0.0116. The minimum Gasteiger partial charge on any atom is -0.315 e. The number of benzene rings is 1. The molecule has 1 aromatic rings. The molecule has 1 rings (SSSR count). The smallest absolute Gasteiger partial charge is 0.236 e. The van der Waals surface area contributed by atoms with Crippen LogP contribution < -0.4 is 4.90 Å². The van der Waals surface area contributed by atoms with Crippen molar-refractivity contribution >= 4 is 24.2 Å². The van der Waals surface area contributed by atoms with Gasteiger partial charge in [-0.05, 0) is 24.1 Å². The van der Waals surface area contributed by atoms with Gasteiger partial charge in [0.05, 0.1) is 5.75 Å². The number of amides is 1. The van der Waals surface area contributed by atoms with Gasteiger partial charge in [-0.2, -0.15) is 12.6 Å². The Morgan fingerprint density at radius 2 is 1.93 bits per heavy atom. The second kappa shape index (κ2) is 5.05. The Morgan fingerprint density at radius 1 is 1.36 bits per heavy atom. The molecule has 0 aliphatic carbocycles. The molecule has 0 aromatic heterocycles. The maximum atomic E-state index is 11.3. The molecule has 14 heavy (non-hydrogen) atoms. The summed E-state index contributed by atoms with van der Waals surface area (Å²) in [4.78, 5) is 12.9. The molecule has 0 unspecified atom stereocenters. The van der Waals surface area contributed by atoms with Crippen molar-refractivity contribution in [2.45, 2.75) is 13.3 Å². The van der Waals surface area contributed by atoms with E-state index in [1.807, 2.05) is 24.3 Å². The molecular formula is C11H15NOS. The zero-order valence-corrected chi connectivity index (χ0v) is 9.42. The Bertz CT molecular complexity index is 308. The van der Waals surface area contributed by atoms with Crippen LogP contribution in [0.5, 0.6) is 0 Å². The van der Waals surface area contributed by atoms with Crippen molar-refractivity contribution in [3.05, 3.63) is 29.8 Å². The average molecular weight is 209 g/mol. The van der Waals surface area contributed by atoms with Crippen LogP contribution in [0.25, 0.3) is 0 Å². The molecule has 2 nitrogen and oxygen atoms in total. The van der Waals surface area contributed by atoms with E-state index in [1.165, 1.54) is 5.56 Å². The largest absolute Gasteiger partial charge is 0.315 e. The van der Waals surface area contributed by atoms with Gasteiger partial charge in [-0.1, -0.05) is 19.1 Å². The molecule has 0 bridgehead atoms. The van der Waals surface area contributed by atoms with E-state index in [0.717, 1.165) is 12.1 Å². The van der Waals surface area contributed by atoms with Crippen molar-refractivity contribution in [1.29, 1.82) is 0 Å². The van der Waals surface area contributed by atoms with Crippen molar-refractivity contribution in [3.63, 3.8) is 0 Å². The maximum absolute atomic E-state index is 11.3. The zero-order valence-electron chi connectivity index (χ0n) is 8.53. The molecule has 0 N–H and O–H groups in total. The predicted molar refractivity (Wildman–Crippen MR) is 63.1 cm³/mol. The number of hydrogen-bond acceptors (Lipinski definition) is 2. The summed E-state index contributed by atoms with van der Waals surface area (Å²) in [5.41, 5.74) is 2.20. The summed E-state index contributed by atoms with van der Waals surface area (Å²) in [6, 6.07) is 8.00. The number of thiol groups is 1. The number of aryl methyl sites for hydroxylation is 1. The molecule has 0 aliphatic rings. The lowest BCUT2D eigenvalue weighted by molar-refractivity contribution is -0.115. The summed E-state index contributed by atoms with van der Waals surface area (Å²) in [6.07, 6.45) is 1.02. The molecule has 76 valence electrons. The molecular weight excluding hydrogens is 194 g/mol. The van der Waals surface area contributed by atoms with Crippen LogP contribution in [0.15, 0.2) is 24.3 Å². The van der Waals surface area contributed by atoms with Gasteiger partial charge in [-0.15, -0.1) is 0 Å². The van der Waals surface area contributed by atoms with Gasteiger partial charge >= 0.3 is 0 Å². The first-order valence-corrected chi connectivity index (χ1v) is 5.28. The van der Waals surface area contributed by atoms with Gasteiger partial charge < -0.3 is 4.90 Å². The second-order valence-corrected chi connectivity index (χ2v) is 3.45. The van der Waals surface area contributed by atoms with E-state index in [4.69, 9.17) is 0 Å². The SMILES string of the molecule is CCc1ccc(N(C)C(=O)CS)cc1. The highest BCUT2D eigenvalue weighted by Gasteiger charge is 2.07. The molecule has 0 heterocycles. The van der Waals surface area contributed by atoms with Crippen LogP contribution in [0, 0.1) is 0 Å². The van der Waals surface area contributed by atoms with Crippen molar-refractivity contribution in [1.82, 2.24) is 0 Å². The monoisotopic (exact) mass is 209 g/mol. The van der Waals surface area contributed by atoms with Gasteiger partial charge in [0.2, 0.25) is 5.91 Å². The number of rotatable bonds is 3. The molecule has 0 spiro atoms. The molecule has 1 aromatic carbocycles. The fourth-order valence-electron chi connectivity index (χ4n) is 1.21. The Balaban J connectivity index is 2.81. The Kier molecular flexibility index (Phi) is 4.01. The molecule has 3 heteroatoms. The summed E-state index contributed by atoms with van der Waals surface area (Å²) < 4.78 is 0. The standard InChI is InChI=1S/C11H15NOS/c1-3-9-4-6-10(7-5-9)12(2)11(13)8-14/h4-7,14H,3,8H2,1-2H3. The van der Waals surface area contributed by atoms with Gasteiger partial charge in [-0.3, -0.25) is 4.79 Å². The van der Waals surface area contributed by atoms with E-state index in [0.29, 0.717) is 0 Å². The van der Waals surface area contributed by atoms with E-state index in [1.54, 1.807) is 11.9 Å². The highest BCUT2D eigenvalue weighted by atomic mass is 32.1. The van der Waals surface area contributed by atoms with Gasteiger partial charge in [0.25, 0.3) is 0 Å². The van der Waals surface area contributed by atoms with Crippen molar-refractivity contribution in [3.8, 4) is 0 Å². The third-order valence-electron chi connectivity index (χ3n) is 2.24. The number of nitrogens with zero attached hydrogens (tertiary/aromatic N) is 1. The first kappa shape index (κ1) is 11.1. The molecule has 0 saturated carbocycles. The highest BCUT2D eigenvalue weighted by Crippen LogP contribution is 2.14.